The van der Waals surface area contributed by atoms with Crippen molar-refractivity contribution in [3.05, 3.63) is 256 Å². The Kier molecular flexibility index (Phi) is 10.1. The van der Waals surface area contributed by atoms with Gasteiger partial charge in [0.25, 0.3) is 0 Å². The molecular weight excluding hydrogens is 847 g/mol. The average Bonchev–Trinajstić information content (AvgIpc) is 4.03. The minimum absolute atomic E-state index is 0.284. The highest BCUT2D eigenvalue weighted by atomic mass is 15.2. The van der Waals surface area contributed by atoms with Gasteiger partial charge in [-0.3, -0.25) is 0 Å². The number of nitrogens with zero attached hydrogens (tertiary/aromatic N) is 3. The highest BCUT2D eigenvalue weighted by molar-refractivity contribution is 5.99. The summed E-state index contributed by atoms with van der Waals surface area (Å²) in [4.78, 5) is 2.48. The molecule has 3 heteroatoms. The zero-order valence-corrected chi connectivity index (χ0v) is 40.4. The summed E-state index contributed by atoms with van der Waals surface area (Å²) in [5.74, 6) is 0.284. The summed E-state index contributed by atoms with van der Waals surface area (Å²) in [7, 11) is 0. The van der Waals surface area contributed by atoms with Crippen LogP contribution in [0.3, 0.4) is 0 Å². The second-order valence-corrected chi connectivity index (χ2v) is 19.6. The standard InChI is InChI=1S/C67H55N3/c1-5-43(2)66(55-20-10-9-17-44(55)3)67-45(4)56-21-11-14-24-61(56)70(67)54-37-33-47(34-38-54)49-28-30-50-39-48(27-29-51(50)40-49)46-31-35-53(36-32-46)69-63-26-16-13-23-58(63)60-41-64-59(42-65(60)69)57-22-12-15-25-62(57)68(64)52-18-7-6-8-19-52/h6-33,35-37,39-41,59H,5,34,38,42H2,1-4H3/b66-43+. The van der Waals surface area contributed by atoms with Crippen LogP contribution in [0.2, 0.25) is 0 Å². The molecule has 1 aliphatic heterocycles. The Morgan fingerprint density at radius 3 is 1.99 bits per heavy atom. The minimum Gasteiger partial charge on any atom is -0.313 e. The van der Waals surface area contributed by atoms with E-state index in [1.807, 2.05) is 0 Å². The number of para-hydroxylation sites is 4. The van der Waals surface area contributed by atoms with Crippen LogP contribution in [-0.2, 0) is 6.42 Å². The molecule has 0 saturated heterocycles. The first-order chi connectivity index (χ1) is 34.4. The molecule has 0 fully saturated rings. The van der Waals surface area contributed by atoms with Crippen LogP contribution < -0.4 is 4.90 Å². The van der Waals surface area contributed by atoms with E-state index in [2.05, 4.69) is 248 Å². The molecule has 0 amide bonds. The van der Waals surface area contributed by atoms with E-state index < -0.39 is 0 Å². The van der Waals surface area contributed by atoms with Crippen LogP contribution in [0.5, 0.6) is 0 Å². The fraction of sp³-hybridized carbons (Fsp3) is 0.134. The Morgan fingerprint density at radius 2 is 1.23 bits per heavy atom. The first-order valence-corrected chi connectivity index (χ1v) is 25.1. The molecule has 1 atom stereocenters. The molecule has 338 valence electrons. The van der Waals surface area contributed by atoms with Gasteiger partial charge in [-0.2, -0.15) is 0 Å². The third-order valence-electron chi connectivity index (χ3n) is 15.7. The Morgan fingerprint density at radius 1 is 0.571 bits per heavy atom. The van der Waals surface area contributed by atoms with Crippen LogP contribution in [-0.4, -0.2) is 9.13 Å². The molecule has 13 rings (SSSR count). The van der Waals surface area contributed by atoms with Crippen molar-refractivity contribution in [3.63, 3.8) is 0 Å². The van der Waals surface area contributed by atoms with Crippen LogP contribution in [0.4, 0.5) is 11.4 Å². The molecule has 10 aromatic rings. The average molecular weight is 902 g/mol. The molecule has 3 nitrogen and oxygen atoms in total. The highest BCUT2D eigenvalue weighted by Gasteiger charge is 2.39. The number of allylic oxidation sites excluding steroid dienone is 6. The lowest BCUT2D eigenvalue weighted by Crippen LogP contribution is -2.18. The molecule has 0 bridgehead atoms. The molecule has 0 spiro atoms. The van der Waals surface area contributed by atoms with Gasteiger partial charge in [0.15, 0.2) is 0 Å². The molecule has 2 aliphatic carbocycles. The van der Waals surface area contributed by atoms with Gasteiger partial charge in [0, 0.05) is 68.4 Å². The van der Waals surface area contributed by atoms with Crippen LogP contribution in [0.15, 0.2) is 211 Å². The second-order valence-electron chi connectivity index (χ2n) is 19.6. The van der Waals surface area contributed by atoms with Crippen molar-refractivity contribution >= 4 is 66.9 Å². The second kappa shape index (κ2) is 16.8. The van der Waals surface area contributed by atoms with E-state index in [1.165, 1.54) is 134 Å². The maximum absolute atomic E-state index is 2.57. The van der Waals surface area contributed by atoms with Crippen molar-refractivity contribution < 1.29 is 0 Å². The lowest BCUT2D eigenvalue weighted by atomic mass is 9.87. The Balaban J connectivity index is 0.808. The van der Waals surface area contributed by atoms with E-state index in [9.17, 15) is 0 Å². The largest absolute Gasteiger partial charge is 0.313 e. The quantitative estimate of drug-likeness (QED) is 0.148. The molecule has 0 saturated carbocycles. The molecule has 0 N–H and O–H groups in total. The van der Waals surface area contributed by atoms with Gasteiger partial charge in [-0.1, -0.05) is 152 Å². The van der Waals surface area contributed by atoms with Gasteiger partial charge in [0.2, 0.25) is 0 Å². The van der Waals surface area contributed by atoms with E-state index in [0.717, 1.165) is 25.7 Å². The number of aromatic nitrogens is 2. The van der Waals surface area contributed by atoms with Gasteiger partial charge in [-0.05, 0) is 162 Å². The fourth-order valence-electron chi connectivity index (χ4n) is 12.1. The van der Waals surface area contributed by atoms with E-state index >= 15 is 0 Å². The molecule has 1 unspecified atom stereocenters. The lowest BCUT2D eigenvalue weighted by molar-refractivity contribution is 0.761. The van der Waals surface area contributed by atoms with Crippen molar-refractivity contribution in [2.75, 3.05) is 4.90 Å². The fourth-order valence-corrected chi connectivity index (χ4v) is 12.1. The third-order valence-corrected chi connectivity index (χ3v) is 15.7. The number of hydrogen-bond donors (Lipinski definition) is 0. The van der Waals surface area contributed by atoms with Gasteiger partial charge in [-0.25, -0.2) is 0 Å². The van der Waals surface area contributed by atoms with E-state index in [0.29, 0.717) is 0 Å². The molecular formula is C67H55N3. The summed E-state index contributed by atoms with van der Waals surface area (Å²) in [6.45, 7) is 9.15. The molecule has 2 aromatic heterocycles. The van der Waals surface area contributed by atoms with Gasteiger partial charge < -0.3 is 14.0 Å². The van der Waals surface area contributed by atoms with Crippen LogP contribution in [0, 0.1) is 13.8 Å². The van der Waals surface area contributed by atoms with Crippen LogP contribution >= 0.6 is 0 Å². The van der Waals surface area contributed by atoms with Crippen molar-refractivity contribution in [1.29, 1.82) is 0 Å². The smallest absolute Gasteiger partial charge is 0.0572 e. The number of anilines is 2. The molecule has 0 radical (unpaired) electrons. The SMILES string of the molecule is CC/C(C)=C(\c1ccccc1C)c1c(C)c2ccccc2n1C1=CC=C(c2ccc3cc(-c4ccc(-n5c6c(c7ccccc75)C=C5C(C6)c6ccccc6N5c5ccccc5)cc4)ccc3c2)CC1. The van der Waals surface area contributed by atoms with Crippen LogP contribution in [0.1, 0.15) is 83.8 Å². The van der Waals surface area contributed by atoms with E-state index in [1.54, 1.807) is 0 Å². The summed E-state index contributed by atoms with van der Waals surface area (Å²) in [6, 6.07) is 69.8. The lowest BCUT2D eigenvalue weighted by Gasteiger charge is -2.27. The summed E-state index contributed by atoms with van der Waals surface area (Å²) in [5.41, 5.74) is 26.3. The number of fused-ring (bicyclic) bond motifs is 8. The van der Waals surface area contributed by atoms with Crippen molar-refractivity contribution in [2.24, 2.45) is 0 Å². The third kappa shape index (κ3) is 6.71. The van der Waals surface area contributed by atoms with Gasteiger partial charge >= 0.3 is 0 Å². The topological polar surface area (TPSA) is 13.1 Å². The molecule has 8 aromatic carbocycles. The van der Waals surface area contributed by atoms with Crippen LogP contribution in [0.25, 0.3) is 72.3 Å². The van der Waals surface area contributed by atoms with Crippen molar-refractivity contribution in [2.45, 2.75) is 59.3 Å². The van der Waals surface area contributed by atoms with Gasteiger partial charge in [0.1, 0.15) is 0 Å². The highest BCUT2D eigenvalue weighted by Crippen LogP contribution is 2.53. The predicted molar refractivity (Wildman–Crippen MR) is 297 cm³/mol. The maximum atomic E-state index is 2.57. The monoisotopic (exact) mass is 901 g/mol. The Bertz CT molecular complexity index is 3860. The number of benzene rings is 8. The van der Waals surface area contributed by atoms with E-state index in [-0.39, 0.29) is 5.92 Å². The Hall–Kier alpha value is -8.14. The number of hydrogen-bond acceptors (Lipinski definition) is 1. The summed E-state index contributed by atoms with van der Waals surface area (Å²) in [6.07, 6.45) is 11.1. The van der Waals surface area contributed by atoms with Crippen molar-refractivity contribution in [1.82, 2.24) is 9.13 Å². The zero-order valence-electron chi connectivity index (χ0n) is 40.4. The van der Waals surface area contributed by atoms with E-state index in [4.69, 9.17) is 0 Å². The molecule has 3 aliphatic rings. The van der Waals surface area contributed by atoms with Gasteiger partial charge in [-0.15, -0.1) is 0 Å². The number of rotatable bonds is 8. The molecule has 3 heterocycles. The Labute approximate surface area is 411 Å². The number of aryl methyl sites for hydroxylation is 2. The summed E-state index contributed by atoms with van der Waals surface area (Å²) >= 11 is 0. The van der Waals surface area contributed by atoms with Gasteiger partial charge in [0.05, 0.1) is 16.7 Å². The summed E-state index contributed by atoms with van der Waals surface area (Å²) in [5, 5.41) is 5.15. The minimum atomic E-state index is 0.284. The molecule has 70 heavy (non-hydrogen) atoms. The first-order valence-electron chi connectivity index (χ1n) is 25.1. The maximum Gasteiger partial charge on any atom is 0.0572 e. The first kappa shape index (κ1) is 42.0. The van der Waals surface area contributed by atoms with Crippen molar-refractivity contribution in [3.8, 4) is 16.8 Å². The summed E-state index contributed by atoms with van der Waals surface area (Å²) < 4.78 is 5.09. The zero-order chi connectivity index (χ0) is 47.0. The predicted octanol–water partition coefficient (Wildman–Crippen LogP) is 17.8. The normalized spacial score (nSPS) is 15.6.